The van der Waals surface area contributed by atoms with E-state index in [4.69, 9.17) is 5.73 Å². The Balaban J connectivity index is 1.72. The second-order valence-corrected chi connectivity index (χ2v) is 9.24. The van der Waals surface area contributed by atoms with Crippen LogP contribution in [0, 0.1) is 17.7 Å². The molecule has 9 heteroatoms. The molecule has 0 radical (unpaired) electrons. The van der Waals surface area contributed by atoms with Crippen molar-refractivity contribution < 1.29 is 14.3 Å². The molecule has 1 saturated heterocycles. The van der Waals surface area contributed by atoms with Crippen LogP contribution in [0.25, 0.3) is 26.6 Å². The minimum atomic E-state index is -1.31. The Kier molecular flexibility index (Phi) is 3.77. The number of hydrogen-bond acceptors (Lipinski definition) is 6. The third-order valence-electron chi connectivity index (χ3n) is 6.85. The van der Waals surface area contributed by atoms with Gasteiger partial charge in [-0.15, -0.1) is 11.3 Å². The minimum absolute atomic E-state index is 0.0325. The van der Waals surface area contributed by atoms with Crippen molar-refractivity contribution in [3.63, 3.8) is 0 Å². The van der Waals surface area contributed by atoms with Crippen molar-refractivity contribution in [1.82, 2.24) is 4.40 Å². The van der Waals surface area contributed by atoms with E-state index in [2.05, 4.69) is 17.1 Å². The number of benzene rings is 1. The first kappa shape index (κ1) is 18.7. The first-order valence-corrected chi connectivity index (χ1v) is 11.0. The summed E-state index contributed by atoms with van der Waals surface area (Å²) in [5, 5.41) is 12.6. The van der Waals surface area contributed by atoms with Gasteiger partial charge in [0, 0.05) is 37.5 Å². The molecule has 31 heavy (non-hydrogen) atoms. The fourth-order valence-electron chi connectivity index (χ4n) is 5.50. The van der Waals surface area contributed by atoms with Gasteiger partial charge in [0.2, 0.25) is 5.43 Å². The van der Waals surface area contributed by atoms with E-state index in [-0.39, 0.29) is 28.8 Å². The van der Waals surface area contributed by atoms with Crippen LogP contribution in [0.2, 0.25) is 0 Å². The van der Waals surface area contributed by atoms with Crippen LogP contribution in [-0.2, 0) is 0 Å². The highest BCUT2D eigenvalue weighted by Gasteiger charge is 2.39. The first-order chi connectivity index (χ1) is 14.9. The van der Waals surface area contributed by atoms with Gasteiger partial charge >= 0.3 is 5.97 Å². The van der Waals surface area contributed by atoms with E-state index in [1.54, 1.807) is 16.8 Å². The minimum Gasteiger partial charge on any atom is -0.477 e. The van der Waals surface area contributed by atoms with Crippen LogP contribution in [0.4, 0.5) is 10.1 Å². The lowest BCUT2D eigenvalue weighted by atomic mass is 9.83. The van der Waals surface area contributed by atoms with E-state index < -0.39 is 17.2 Å². The highest BCUT2D eigenvalue weighted by atomic mass is 32.1. The molecule has 1 aromatic carbocycles. The van der Waals surface area contributed by atoms with Gasteiger partial charge in [-0.25, -0.2) is 9.18 Å². The number of carbonyl (C=O) groups is 1. The Morgan fingerprint density at radius 2 is 2.19 bits per heavy atom. The summed E-state index contributed by atoms with van der Waals surface area (Å²) in [7, 11) is 1.63. The lowest BCUT2D eigenvalue weighted by molar-refractivity contribution is 0.0697. The van der Waals surface area contributed by atoms with Crippen LogP contribution in [-0.4, -0.2) is 41.7 Å². The van der Waals surface area contributed by atoms with Gasteiger partial charge in [-0.1, -0.05) is 12.2 Å². The van der Waals surface area contributed by atoms with E-state index in [1.807, 2.05) is 4.90 Å². The third-order valence-corrected chi connectivity index (χ3v) is 7.80. The zero-order valence-corrected chi connectivity index (χ0v) is 17.4. The summed E-state index contributed by atoms with van der Waals surface area (Å²) in [6, 6.07) is 1.22. The van der Waals surface area contributed by atoms with Crippen molar-refractivity contribution in [2.45, 2.75) is 12.5 Å². The molecule has 4 aromatic rings. The average Bonchev–Trinajstić information content (AvgIpc) is 3.41. The number of carboxylic acids is 1. The van der Waals surface area contributed by atoms with E-state index in [9.17, 15) is 14.7 Å². The third kappa shape index (κ3) is 2.27. The monoisotopic (exact) mass is 438 g/mol. The number of carboxylic acid groups (broad SMARTS) is 1. The van der Waals surface area contributed by atoms with Crippen LogP contribution in [0.1, 0.15) is 16.8 Å². The fraction of sp³-hybridized carbons (Fsp3) is 0.318. The molecule has 3 N–H and O–H groups in total. The maximum Gasteiger partial charge on any atom is 0.342 e. The van der Waals surface area contributed by atoms with Gasteiger partial charge in [-0.05, 0) is 18.4 Å². The SMILES string of the molecule is CN=c1c2c(N3CC4C=CCC(N)C4C3)c(F)cc3c(=O)c(C(=O)O)c4scc1n4c32. The van der Waals surface area contributed by atoms with Crippen LogP contribution in [0.3, 0.4) is 0 Å². The molecule has 1 aliphatic heterocycles. The molecule has 3 unspecified atom stereocenters. The maximum absolute atomic E-state index is 15.6. The molecule has 4 heterocycles. The predicted molar refractivity (Wildman–Crippen MR) is 118 cm³/mol. The molecule has 6 rings (SSSR count). The molecule has 1 fully saturated rings. The lowest BCUT2D eigenvalue weighted by Crippen LogP contribution is -2.36. The second kappa shape index (κ2) is 6.24. The quantitative estimate of drug-likeness (QED) is 0.468. The molecule has 0 spiro atoms. The number of nitrogens with zero attached hydrogens (tertiary/aromatic N) is 3. The van der Waals surface area contributed by atoms with Crippen LogP contribution < -0.4 is 21.4 Å². The van der Waals surface area contributed by atoms with Gasteiger partial charge in [0.05, 0.1) is 32.9 Å². The molecule has 3 aromatic heterocycles. The highest BCUT2D eigenvalue weighted by molar-refractivity contribution is 7.16. The Bertz CT molecular complexity index is 1540. The molecule has 0 bridgehead atoms. The maximum atomic E-state index is 15.6. The number of thiazole rings is 1. The normalized spacial score (nSPS) is 24.3. The number of rotatable bonds is 2. The summed E-state index contributed by atoms with van der Waals surface area (Å²) >= 11 is 1.19. The van der Waals surface area contributed by atoms with E-state index in [0.717, 1.165) is 6.42 Å². The van der Waals surface area contributed by atoms with Gasteiger partial charge in [-0.3, -0.25) is 14.2 Å². The number of pyridine rings is 1. The number of hydrogen-bond donors (Lipinski definition) is 2. The van der Waals surface area contributed by atoms with Gasteiger partial charge in [0.25, 0.3) is 0 Å². The van der Waals surface area contributed by atoms with Crippen molar-refractivity contribution in [3.05, 3.63) is 50.6 Å². The van der Waals surface area contributed by atoms with Gasteiger partial charge in [-0.2, -0.15) is 0 Å². The molecule has 7 nitrogen and oxygen atoms in total. The van der Waals surface area contributed by atoms with Crippen LogP contribution >= 0.6 is 11.3 Å². The van der Waals surface area contributed by atoms with Crippen molar-refractivity contribution in [1.29, 1.82) is 0 Å². The molecule has 0 saturated carbocycles. The Morgan fingerprint density at radius 3 is 2.90 bits per heavy atom. The van der Waals surface area contributed by atoms with E-state index >= 15 is 4.39 Å². The zero-order chi connectivity index (χ0) is 21.6. The van der Waals surface area contributed by atoms with Crippen LogP contribution in [0.15, 0.2) is 33.4 Å². The molecule has 1 aliphatic carbocycles. The van der Waals surface area contributed by atoms with Gasteiger partial charge in [0.1, 0.15) is 16.2 Å². The number of aromatic carboxylic acids is 1. The van der Waals surface area contributed by atoms with Crippen molar-refractivity contribution in [2.75, 3.05) is 25.0 Å². The summed E-state index contributed by atoms with van der Waals surface area (Å²) in [5.41, 5.74) is 6.97. The molecule has 3 atom stereocenters. The number of aromatic nitrogens is 1. The summed E-state index contributed by atoms with van der Waals surface area (Å²) < 4.78 is 17.4. The van der Waals surface area contributed by atoms with Crippen LogP contribution in [0.5, 0.6) is 0 Å². The number of anilines is 1. The Labute approximate surface area is 179 Å². The topological polar surface area (TPSA) is 100 Å². The van der Waals surface area contributed by atoms with E-state index in [0.29, 0.717) is 45.4 Å². The molecule has 2 aliphatic rings. The zero-order valence-electron chi connectivity index (χ0n) is 16.6. The molecule has 158 valence electrons. The summed E-state index contributed by atoms with van der Waals surface area (Å²) in [4.78, 5) is 31.7. The Morgan fingerprint density at radius 1 is 1.39 bits per heavy atom. The van der Waals surface area contributed by atoms with Crippen molar-refractivity contribution in [2.24, 2.45) is 22.6 Å². The Hall–Kier alpha value is -3.04. The number of nitrogens with two attached hydrogens (primary N) is 1. The standard InChI is InChI=1S/C22H19FN4O3S/c1-25-17-14-8-31-21-16(22(29)30)20(28)10-5-12(23)19(15(17)18(10)27(14)21)26-6-9-3-2-4-13(24)11(9)7-26/h2-3,5,8-9,11,13H,4,6-7,24H2,1H3,(H,29,30). The lowest BCUT2D eigenvalue weighted by Gasteiger charge is -2.25. The van der Waals surface area contributed by atoms with Crippen molar-refractivity contribution >= 4 is 49.6 Å². The van der Waals surface area contributed by atoms with Crippen molar-refractivity contribution in [3.8, 4) is 0 Å². The fourth-order valence-corrected chi connectivity index (χ4v) is 6.54. The number of halogens is 1. The van der Waals surface area contributed by atoms with Gasteiger partial charge in [0.15, 0.2) is 0 Å². The molecular weight excluding hydrogens is 419 g/mol. The van der Waals surface area contributed by atoms with Gasteiger partial charge < -0.3 is 15.7 Å². The summed E-state index contributed by atoms with van der Waals surface area (Å²) in [6.45, 7) is 1.26. The molecular formula is C22H19FN4O3S. The van der Waals surface area contributed by atoms with E-state index in [1.165, 1.54) is 17.4 Å². The first-order valence-electron chi connectivity index (χ1n) is 10.1. The highest BCUT2D eigenvalue weighted by Crippen LogP contribution is 2.40. The molecule has 0 amide bonds. The second-order valence-electron chi connectivity index (χ2n) is 8.38. The summed E-state index contributed by atoms with van der Waals surface area (Å²) in [5.74, 6) is -1.37. The predicted octanol–water partition coefficient (Wildman–Crippen LogP) is 2.25. The largest absolute Gasteiger partial charge is 0.477 e. The smallest absolute Gasteiger partial charge is 0.342 e. The summed E-state index contributed by atoms with van der Waals surface area (Å²) in [6.07, 6.45) is 5.08. The average molecular weight is 438 g/mol. The number of fused-ring (bicyclic) bond motifs is 1.